The predicted octanol–water partition coefficient (Wildman–Crippen LogP) is 0.833. The van der Waals surface area contributed by atoms with Crippen molar-refractivity contribution in [2.75, 3.05) is 26.4 Å². The molecular formula is C22H27NO10S. The van der Waals surface area contributed by atoms with Crippen molar-refractivity contribution in [3.05, 3.63) is 16.6 Å². The third-order valence-corrected chi connectivity index (χ3v) is 5.63. The smallest absolute Gasteiger partial charge is 0.350 e. The fourth-order valence-electron chi connectivity index (χ4n) is 3.42. The molecule has 186 valence electrons. The largest absolute Gasteiger partial charge is 0.463 e. The molecule has 1 aromatic rings. The van der Waals surface area contributed by atoms with Crippen molar-refractivity contribution in [3.63, 3.8) is 0 Å². The Balaban J connectivity index is 2.44. The molecule has 1 saturated heterocycles. The van der Waals surface area contributed by atoms with Crippen LogP contribution >= 0.6 is 11.3 Å². The van der Waals surface area contributed by atoms with Gasteiger partial charge in [0.15, 0.2) is 6.10 Å². The SMILES string of the molecule is C#C[C@]1(OC(C)=O)[C@@H](OC(C)=O)CO[C@@H]1COC(Cc1cncs1)(C(=O)OCC)C(=O)OCC. The molecule has 1 aromatic heterocycles. The second-order valence-electron chi connectivity index (χ2n) is 7.17. The number of esters is 4. The van der Waals surface area contributed by atoms with E-state index in [1.165, 1.54) is 30.0 Å². The van der Waals surface area contributed by atoms with Gasteiger partial charge in [-0.2, -0.15) is 0 Å². The minimum Gasteiger partial charge on any atom is -0.463 e. The first kappa shape index (κ1) is 27.2. The molecule has 0 bridgehead atoms. The van der Waals surface area contributed by atoms with Gasteiger partial charge in [-0.3, -0.25) is 14.6 Å². The van der Waals surface area contributed by atoms with E-state index in [-0.39, 0.29) is 26.2 Å². The number of hydrogen-bond donors (Lipinski definition) is 0. The second-order valence-corrected chi connectivity index (χ2v) is 8.15. The number of carbonyl (C=O) groups is 4. The highest BCUT2D eigenvalue weighted by Crippen LogP contribution is 2.35. The zero-order chi connectivity index (χ0) is 25.4. The molecule has 0 radical (unpaired) electrons. The van der Waals surface area contributed by atoms with Crippen molar-refractivity contribution >= 4 is 35.2 Å². The molecule has 0 aliphatic carbocycles. The summed E-state index contributed by atoms with van der Waals surface area (Å²) in [6.45, 7) is 4.70. The van der Waals surface area contributed by atoms with Crippen LogP contribution in [0.4, 0.5) is 0 Å². The zero-order valence-electron chi connectivity index (χ0n) is 19.4. The molecule has 12 heteroatoms. The molecule has 2 rings (SSSR count). The van der Waals surface area contributed by atoms with Crippen molar-refractivity contribution < 1.29 is 47.6 Å². The predicted molar refractivity (Wildman–Crippen MR) is 116 cm³/mol. The maximum Gasteiger partial charge on any atom is 0.350 e. The Kier molecular flexibility index (Phi) is 9.55. The Morgan fingerprint density at radius 3 is 2.32 bits per heavy atom. The van der Waals surface area contributed by atoms with E-state index in [9.17, 15) is 19.2 Å². The maximum atomic E-state index is 13.0. The van der Waals surface area contributed by atoms with Crippen LogP contribution in [-0.4, -0.2) is 78.7 Å². The van der Waals surface area contributed by atoms with Crippen molar-refractivity contribution in [3.8, 4) is 12.3 Å². The highest BCUT2D eigenvalue weighted by Gasteiger charge is 2.58. The van der Waals surface area contributed by atoms with Gasteiger partial charge in [-0.1, -0.05) is 5.92 Å². The lowest BCUT2D eigenvalue weighted by Crippen LogP contribution is -2.57. The summed E-state index contributed by atoms with van der Waals surface area (Å²) in [6.07, 6.45) is 4.63. The van der Waals surface area contributed by atoms with Gasteiger partial charge in [0.05, 0.1) is 31.9 Å². The summed E-state index contributed by atoms with van der Waals surface area (Å²) < 4.78 is 32.4. The number of carbonyl (C=O) groups excluding carboxylic acids is 4. The normalized spacial score (nSPS) is 21.9. The molecule has 0 amide bonds. The Labute approximate surface area is 201 Å². The molecular weight excluding hydrogens is 470 g/mol. The van der Waals surface area contributed by atoms with E-state index >= 15 is 0 Å². The highest BCUT2D eigenvalue weighted by atomic mass is 32.1. The molecule has 0 saturated carbocycles. The molecule has 0 unspecified atom stereocenters. The molecule has 3 atom stereocenters. The zero-order valence-corrected chi connectivity index (χ0v) is 20.2. The summed E-state index contributed by atoms with van der Waals surface area (Å²) >= 11 is 1.20. The number of nitrogens with zero attached hydrogens (tertiary/aromatic N) is 1. The minimum absolute atomic E-state index is 0.0256. The quantitative estimate of drug-likeness (QED) is 0.186. The summed E-state index contributed by atoms with van der Waals surface area (Å²) in [5.74, 6) is -1.03. The summed E-state index contributed by atoms with van der Waals surface area (Å²) in [7, 11) is 0. The average Bonchev–Trinajstić information content (AvgIpc) is 3.39. The average molecular weight is 498 g/mol. The molecule has 34 heavy (non-hydrogen) atoms. The van der Waals surface area contributed by atoms with Crippen LogP contribution in [-0.2, 0) is 54.0 Å². The number of terminal acetylenes is 1. The van der Waals surface area contributed by atoms with E-state index in [0.29, 0.717) is 4.88 Å². The third-order valence-electron chi connectivity index (χ3n) is 4.85. The standard InChI is InChI=1S/C22H27NO10S/c1-6-21(33-15(5)25)17(30-11-18(21)32-14(4)24)12-31-22(19(26)28-7-2,20(27)29-8-3)9-16-10-23-13-34-16/h1,10,13,17-18H,7-9,11-12H2,2-5H3/t17-,18+,21-/m1/s1. The van der Waals surface area contributed by atoms with Gasteiger partial charge in [-0.05, 0) is 13.8 Å². The first-order valence-electron chi connectivity index (χ1n) is 10.5. The van der Waals surface area contributed by atoms with Crippen LogP contribution in [0.1, 0.15) is 32.6 Å². The van der Waals surface area contributed by atoms with Gasteiger partial charge in [0, 0.05) is 31.3 Å². The highest BCUT2D eigenvalue weighted by molar-refractivity contribution is 7.09. The molecule has 1 aliphatic rings. The lowest BCUT2D eigenvalue weighted by atomic mass is 9.93. The molecule has 11 nitrogen and oxygen atoms in total. The Morgan fingerprint density at radius 2 is 1.85 bits per heavy atom. The van der Waals surface area contributed by atoms with Crippen LogP contribution in [0.5, 0.6) is 0 Å². The topological polar surface area (TPSA) is 137 Å². The van der Waals surface area contributed by atoms with E-state index in [0.717, 1.165) is 6.92 Å². The van der Waals surface area contributed by atoms with Gasteiger partial charge in [-0.25, -0.2) is 9.59 Å². The third kappa shape index (κ3) is 5.91. The van der Waals surface area contributed by atoms with Crippen molar-refractivity contribution in [1.82, 2.24) is 4.98 Å². The number of ether oxygens (including phenoxy) is 6. The van der Waals surface area contributed by atoms with E-state index in [4.69, 9.17) is 34.8 Å². The molecule has 0 spiro atoms. The van der Waals surface area contributed by atoms with Crippen LogP contribution < -0.4 is 0 Å². The van der Waals surface area contributed by atoms with Crippen molar-refractivity contribution in [1.29, 1.82) is 0 Å². The fraction of sp³-hybridized carbons (Fsp3) is 0.591. The van der Waals surface area contributed by atoms with Gasteiger partial charge in [0.25, 0.3) is 5.60 Å². The van der Waals surface area contributed by atoms with Gasteiger partial charge >= 0.3 is 23.9 Å². The van der Waals surface area contributed by atoms with Gasteiger partial charge < -0.3 is 28.4 Å². The Morgan fingerprint density at radius 1 is 1.21 bits per heavy atom. The molecule has 0 aromatic carbocycles. The van der Waals surface area contributed by atoms with Crippen molar-refractivity contribution in [2.45, 2.75) is 57.5 Å². The summed E-state index contributed by atoms with van der Waals surface area (Å²) in [5.41, 5.74) is -2.53. The van der Waals surface area contributed by atoms with Crippen LogP contribution in [0.3, 0.4) is 0 Å². The maximum absolute atomic E-state index is 13.0. The second kappa shape index (κ2) is 11.9. The van der Waals surface area contributed by atoms with Crippen LogP contribution in [0, 0.1) is 12.3 Å². The minimum atomic E-state index is -2.21. The first-order chi connectivity index (χ1) is 16.1. The van der Waals surface area contributed by atoms with Gasteiger partial charge in [0.1, 0.15) is 6.10 Å². The summed E-state index contributed by atoms with van der Waals surface area (Å²) in [6, 6.07) is 0. The molecule has 2 heterocycles. The number of hydrogen-bond acceptors (Lipinski definition) is 12. The van der Waals surface area contributed by atoms with Crippen molar-refractivity contribution in [2.24, 2.45) is 0 Å². The van der Waals surface area contributed by atoms with Crippen LogP contribution in [0.15, 0.2) is 11.7 Å². The van der Waals surface area contributed by atoms with E-state index in [1.54, 1.807) is 13.8 Å². The summed E-state index contributed by atoms with van der Waals surface area (Å²) in [4.78, 5) is 54.0. The fourth-order valence-corrected chi connectivity index (χ4v) is 4.09. The van der Waals surface area contributed by atoms with E-state index in [2.05, 4.69) is 10.9 Å². The van der Waals surface area contributed by atoms with Crippen LogP contribution in [0.25, 0.3) is 0 Å². The lowest BCUT2D eigenvalue weighted by Gasteiger charge is -2.34. The summed E-state index contributed by atoms with van der Waals surface area (Å²) in [5, 5.41) is 0. The number of aromatic nitrogens is 1. The number of thiazole rings is 1. The Bertz CT molecular complexity index is 907. The lowest BCUT2D eigenvalue weighted by molar-refractivity contribution is -0.200. The van der Waals surface area contributed by atoms with Crippen LogP contribution in [0.2, 0.25) is 0 Å². The molecule has 0 N–H and O–H groups in total. The van der Waals surface area contributed by atoms with Gasteiger partial charge in [-0.15, -0.1) is 17.8 Å². The van der Waals surface area contributed by atoms with E-state index < -0.39 is 53.9 Å². The molecule has 1 fully saturated rings. The van der Waals surface area contributed by atoms with E-state index in [1.807, 2.05) is 0 Å². The Hall–Kier alpha value is -3.01. The first-order valence-corrected chi connectivity index (χ1v) is 11.3. The van der Waals surface area contributed by atoms with Gasteiger partial charge in [0.2, 0.25) is 5.60 Å². The number of rotatable bonds is 11. The molecule has 1 aliphatic heterocycles. The monoisotopic (exact) mass is 497 g/mol.